The summed E-state index contributed by atoms with van der Waals surface area (Å²) in [6, 6.07) is 4.76. The van der Waals surface area contributed by atoms with Gasteiger partial charge in [-0.1, -0.05) is 0 Å². The Labute approximate surface area is 110 Å². The summed E-state index contributed by atoms with van der Waals surface area (Å²) in [4.78, 5) is 14.1. The van der Waals surface area contributed by atoms with Crippen LogP contribution in [0.4, 0.5) is 4.39 Å². The molecule has 0 radical (unpaired) electrons. The SMILES string of the molecule is O=C(O)C1CCC(c2c[nH]c3ccc(F)cc23)CC1. The number of hydrogen-bond donors (Lipinski definition) is 2. The first-order valence-electron chi connectivity index (χ1n) is 6.64. The van der Waals surface area contributed by atoms with Gasteiger partial charge in [0.15, 0.2) is 0 Å². The first-order valence-corrected chi connectivity index (χ1v) is 6.64. The monoisotopic (exact) mass is 261 g/mol. The summed E-state index contributed by atoms with van der Waals surface area (Å²) in [5.74, 6) is -0.791. The van der Waals surface area contributed by atoms with Crippen LogP contribution in [0.15, 0.2) is 24.4 Å². The minimum Gasteiger partial charge on any atom is -0.481 e. The molecule has 1 saturated carbocycles. The Morgan fingerprint density at radius 2 is 2.00 bits per heavy atom. The number of halogens is 1. The number of hydrogen-bond acceptors (Lipinski definition) is 1. The lowest BCUT2D eigenvalue weighted by Crippen LogP contribution is -2.20. The fourth-order valence-electron chi connectivity index (χ4n) is 3.10. The van der Waals surface area contributed by atoms with E-state index >= 15 is 0 Å². The van der Waals surface area contributed by atoms with Crippen molar-refractivity contribution in [2.75, 3.05) is 0 Å². The van der Waals surface area contributed by atoms with Crippen LogP contribution in [0.5, 0.6) is 0 Å². The van der Waals surface area contributed by atoms with Crippen molar-refractivity contribution in [2.24, 2.45) is 5.92 Å². The normalized spacial score (nSPS) is 23.6. The van der Waals surface area contributed by atoms with Crippen LogP contribution in [0.2, 0.25) is 0 Å². The molecule has 2 N–H and O–H groups in total. The van der Waals surface area contributed by atoms with Gasteiger partial charge in [0.05, 0.1) is 5.92 Å². The van der Waals surface area contributed by atoms with E-state index in [0.29, 0.717) is 18.8 Å². The topological polar surface area (TPSA) is 53.1 Å². The predicted octanol–water partition coefficient (Wildman–Crippen LogP) is 3.67. The highest BCUT2D eigenvalue weighted by molar-refractivity contribution is 5.83. The Hall–Kier alpha value is -1.84. The lowest BCUT2D eigenvalue weighted by Gasteiger charge is -2.25. The number of benzene rings is 1. The molecule has 0 amide bonds. The molecular weight excluding hydrogens is 245 g/mol. The number of carboxylic acid groups (broad SMARTS) is 1. The first kappa shape index (κ1) is 12.2. The third-order valence-electron chi connectivity index (χ3n) is 4.19. The molecule has 1 aliphatic rings. The minimum atomic E-state index is -0.691. The summed E-state index contributed by atoms with van der Waals surface area (Å²) in [7, 11) is 0. The van der Waals surface area contributed by atoms with E-state index in [1.165, 1.54) is 6.07 Å². The standard InChI is InChI=1S/C15H16FNO2/c16-11-5-6-14-12(7-11)13(8-17-14)9-1-3-10(4-2-9)15(18)19/h5-10,17H,1-4H2,(H,18,19). The van der Waals surface area contributed by atoms with Crippen molar-refractivity contribution in [3.63, 3.8) is 0 Å². The summed E-state index contributed by atoms with van der Waals surface area (Å²) >= 11 is 0. The van der Waals surface area contributed by atoms with Gasteiger partial charge >= 0.3 is 5.97 Å². The molecule has 19 heavy (non-hydrogen) atoms. The summed E-state index contributed by atoms with van der Waals surface area (Å²) < 4.78 is 13.3. The number of rotatable bonds is 2. The zero-order valence-electron chi connectivity index (χ0n) is 10.5. The fourth-order valence-corrected chi connectivity index (χ4v) is 3.10. The van der Waals surface area contributed by atoms with Gasteiger partial charge in [0.1, 0.15) is 5.82 Å². The second-order valence-corrected chi connectivity index (χ2v) is 5.32. The van der Waals surface area contributed by atoms with Crippen LogP contribution in [0.25, 0.3) is 10.9 Å². The van der Waals surface area contributed by atoms with E-state index in [1.807, 2.05) is 6.20 Å². The van der Waals surface area contributed by atoms with Gasteiger partial charge in [0, 0.05) is 17.1 Å². The number of carbonyl (C=O) groups is 1. The van der Waals surface area contributed by atoms with Crippen LogP contribution in [-0.4, -0.2) is 16.1 Å². The second kappa shape index (κ2) is 4.68. The zero-order chi connectivity index (χ0) is 13.4. The average molecular weight is 261 g/mol. The lowest BCUT2D eigenvalue weighted by atomic mass is 9.79. The van der Waals surface area contributed by atoms with Crippen LogP contribution in [0, 0.1) is 11.7 Å². The molecule has 2 aromatic rings. The molecular formula is C15H16FNO2. The van der Waals surface area contributed by atoms with Crippen molar-refractivity contribution < 1.29 is 14.3 Å². The maximum absolute atomic E-state index is 13.3. The van der Waals surface area contributed by atoms with Crippen molar-refractivity contribution in [3.8, 4) is 0 Å². The summed E-state index contributed by atoms with van der Waals surface area (Å²) in [6.07, 6.45) is 5.08. The summed E-state index contributed by atoms with van der Waals surface area (Å²) in [5, 5.41) is 9.94. The molecule has 1 fully saturated rings. The molecule has 0 saturated heterocycles. The third kappa shape index (κ3) is 2.23. The van der Waals surface area contributed by atoms with Gasteiger partial charge in [-0.3, -0.25) is 4.79 Å². The van der Waals surface area contributed by atoms with E-state index in [-0.39, 0.29) is 11.7 Å². The Bertz CT molecular complexity index is 612. The fraction of sp³-hybridized carbons (Fsp3) is 0.400. The summed E-state index contributed by atoms with van der Waals surface area (Å²) in [5.41, 5.74) is 2.06. The Morgan fingerprint density at radius 1 is 1.26 bits per heavy atom. The number of carboxylic acids is 1. The Morgan fingerprint density at radius 3 is 2.68 bits per heavy atom. The quantitative estimate of drug-likeness (QED) is 0.866. The number of nitrogens with one attached hydrogen (secondary N) is 1. The van der Waals surface area contributed by atoms with Gasteiger partial charge in [-0.05, 0) is 55.4 Å². The molecule has 1 aromatic heterocycles. The molecule has 100 valence electrons. The van der Waals surface area contributed by atoms with Crippen LogP contribution in [0.3, 0.4) is 0 Å². The number of fused-ring (bicyclic) bond motifs is 1. The van der Waals surface area contributed by atoms with Gasteiger partial charge in [0.2, 0.25) is 0 Å². The van der Waals surface area contributed by atoms with Crippen molar-refractivity contribution in [1.29, 1.82) is 0 Å². The predicted molar refractivity (Wildman–Crippen MR) is 70.6 cm³/mol. The molecule has 1 aromatic carbocycles. The largest absolute Gasteiger partial charge is 0.481 e. The van der Waals surface area contributed by atoms with E-state index in [0.717, 1.165) is 29.3 Å². The molecule has 3 rings (SSSR count). The highest BCUT2D eigenvalue weighted by Crippen LogP contribution is 2.38. The van der Waals surface area contributed by atoms with Crippen LogP contribution >= 0.6 is 0 Å². The zero-order valence-corrected chi connectivity index (χ0v) is 10.5. The lowest BCUT2D eigenvalue weighted by molar-refractivity contribution is -0.142. The molecule has 1 aliphatic carbocycles. The van der Waals surface area contributed by atoms with E-state index < -0.39 is 5.97 Å². The number of aromatic nitrogens is 1. The van der Waals surface area contributed by atoms with Crippen molar-refractivity contribution in [1.82, 2.24) is 4.98 Å². The van der Waals surface area contributed by atoms with Crippen LogP contribution in [-0.2, 0) is 4.79 Å². The van der Waals surface area contributed by atoms with Gasteiger partial charge < -0.3 is 10.1 Å². The van der Waals surface area contributed by atoms with Gasteiger partial charge in [-0.2, -0.15) is 0 Å². The molecule has 3 nitrogen and oxygen atoms in total. The maximum Gasteiger partial charge on any atom is 0.306 e. The number of aromatic amines is 1. The number of aliphatic carboxylic acids is 1. The van der Waals surface area contributed by atoms with Crippen molar-refractivity contribution >= 4 is 16.9 Å². The molecule has 0 spiro atoms. The van der Waals surface area contributed by atoms with Crippen molar-refractivity contribution in [2.45, 2.75) is 31.6 Å². The molecule has 0 atom stereocenters. The third-order valence-corrected chi connectivity index (χ3v) is 4.19. The molecule has 4 heteroatoms. The van der Waals surface area contributed by atoms with E-state index in [4.69, 9.17) is 5.11 Å². The number of H-pyrrole nitrogens is 1. The van der Waals surface area contributed by atoms with Crippen molar-refractivity contribution in [3.05, 3.63) is 35.8 Å². The molecule has 0 unspecified atom stereocenters. The van der Waals surface area contributed by atoms with Gasteiger partial charge in [-0.25, -0.2) is 4.39 Å². The minimum absolute atomic E-state index is 0.210. The first-order chi connectivity index (χ1) is 9.15. The smallest absolute Gasteiger partial charge is 0.306 e. The highest BCUT2D eigenvalue weighted by atomic mass is 19.1. The van der Waals surface area contributed by atoms with E-state index in [1.54, 1.807) is 12.1 Å². The van der Waals surface area contributed by atoms with Crippen LogP contribution < -0.4 is 0 Å². The van der Waals surface area contributed by atoms with Gasteiger partial charge in [-0.15, -0.1) is 0 Å². The van der Waals surface area contributed by atoms with Crippen LogP contribution in [0.1, 0.15) is 37.2 Å². The van der Waals surface area contributed by atoms with E-state index in [2.05, 4.69) is 4.98 Å². The second-order valence-electron chi connectivity index (χ2n) is 5.32. The molecule has 0 aliphatic heterocycles. The average Bonchev–Trinajstić information content (AvgIpc) is 2.81. The van der Waals surface area contributed by atoms with Gasteiger partial charge in [0.25, 0.3) is 0 Å². The molecule has 0 bridgehead atoms. The van der Waals surface area contributed by atoms with E-state index in [9.17, 15) is 9.18 Å². The Kier molecular flexibility index (Phi) is 3.01. The highest BCUT2D eigenvalue weighted by Gasteiger charge is 2.27. The molecule has 1 heterocycles. The maximum atomic E-state index is 13.3. The Balaban J connectivity index is 1.85. The summed E-state index contributed by atoms with van der Waals surface area (Å²) in [6.45, 7) is 0.